The first-order valence-corrected chi connectivity index (χ1v) is 8.96. The van der Waals surface area contributed by atoms with E-state index in [0.29, 0.717) is 5.56 Å². The highest BCUT2D eigenvalue weighted by molar-refractivity contribution is 5.72. The Balaban J connectivity index is 1.67. The number of carboxylic acid groups (broad SMARTS) is 1. The van der Waals surface area contributed by atoms with Crippen LogP contribution in [0.25, 0.3) is 11.1 Å². The lowest BCUT2D eigenvalue weighted by atomic mass is 9.99. The number of hydrogen-bond acceptors (Lipinski definition) is 3. The molecule has 0 fully saturated rings. The first-order valence-electron chi connectivity index (χ1n) is 8.96. The van der Waals surface area contributed by atoms with E-state index >= 15 is 0 Å². The van der Waals surface area contributed by atoms with Gasteiger partial charge in [-0.3, -0.25) is 4.79 Å². The smallest absolute Gasteiger partial charge is 0.407 e. The first-order chi connectivity index (χ1) is 13.6. The molecule has 0 bridgehead atoms. The predicted molar refractivity (Wildman–Crippen MR) is 107 cm³/mol. The van der Waals surface area contributed by atoms with Crippen molar-refractivity contribution in [3.05, 3.63) is 96.1 Å². The fourth-order valence-corrected chi connectivity index (χ4v) is 2.87. The molecule has 0 aliphatic rings. The van der Waals surface area contributed by atoms with Crippen molar-refractivity contribution in [3.8, 4) is 11.1 Å². The van der Waals surface area contributed by atoms with E-state index in [0.717, 1.165) is 16.7 Å². The minimum absolute atomic E-state index is 0.124. The van der Waals surface area contributed by atoms with Crippen molar-refractivity contribution in [2.24, 2.45) is 0 Å². The van der Waals surface area contributed by atoms with E-state index in [1.807, 2.05) is 84.9 Å². The van der Waals surface area contributed by atoms with E-state index in [-0.39, 0.29) is 13.0 Å². The SMILES string of the molecule is O=C(O)CC(NC(=O)OCc1ccccc1)c1ccc(-c2ccccc2)cc1. The molecular formula is C23H21NO4. The van der Waals surface area contributed by atoms with Crippen LogP contribution in [-0.2, 0) is 16.1 Å². The number of carboxylic acids is 1. The summed E-state index contributed by atoms with van der Waals surface area (Å²) in [6.45, 7) is 0.124. The number of amides is 1. The molecule has 3 aromatic rings. The zero-order valence-electron chi connectivity index (χ0n) is 15.2. The molecule has 0 saturated carbocycles. The molecule has 3 rings (SSSR count). The number of aliphatic carboxylic acids is 1. The van der Waals surface area contributed by atoms with Crippen molar-refractivity contribution in [2.75, 3.05) is 0 Å². The van der Waals surface area contributed by atoms with Gasteiger partial charge in [0.15, 0.2) is 0 Å². The molecule has 0 aliphatic heterocycles. The van der Waals surface area contributed by atoms with Crippen molar-refractivity contribution in [2.45, 2.75) is 19.1 Å². The van der Waals surface area contributed by atoms with E-state index in [4.69, 9.17) is 4.74 Å². The van der Waals surface area contributed by atoms with Crippen LogP contribution in [0, 0.1) is 0 Å². The summed E-state index contributed by atoms with van der Waals surface area (Å²) in [7, 11) is 0. The van der Waals surface area contributed by atoms with Gasteiger partial charge in [0.2, 0.25) is 0 Å². The van der Waals surface area contributed by atoms with Gasteiger partial charge in [0.25, 0.3) is 0 Å². The Hall–Kier alpha value is -3.60. The first kappa shape index (κ1) is 19.2. The molecule has 0 aliphatic carbocycles. The Kier molecular flexibility index (Phi) is 6.41. The fourth-order valence-electron chi connectivity index (χ4n) is 2.87. The quantitative estimate of drug-likeness (QED) is 0.622. The Morgan fingerprint density at radius 3 is 2.00 bits per heavy atom. The maximum atomic E-state index is 12.1. The summed E-state index contributed by atoms with van der Waals surface area (Å²) in [5.41, 5.74) is 3.66. The van der Waals surface area contributed by atoms with Crippen LogP contribution in [-0.4, -0.2) is 17.2 Å². The molecule has 1 unspecified atom stereocenters. The lowest BCUT2D eigenvalue weighted by molar-refractivity contribution is -0.137. The van der Waals surface area contributed by atoms with E-state index in [9.17, 15) is 14.7 Å². The third kappa shape index (κ3) is 5.45. The van der Waals surface area contributed by atoms with E-state index in [1.165, 1.54) is 0 Å². The van der Waals surface area contributed by atoms with Crippen LogP contribution in [0.2, 0.25) is 0 Å². The Morgan fingerprint density at radius 1 is 0.821 bits per heavy atom. The van der Waals surface area contributed by atoms with Crippen LogP contribution in [0.3, 0.4) is 0 Å². The number of ether oxygens (including phenoxy) is 1. The van der Waals surface area contributed by atoms with Gasteiger partial charge in [0.05, 0.1) is 12.5 Å². The summed E-state index contributed by atoms with van der Waals surface area (Å²) < 4.78 is 5.21. The van der Waals surface area contributed by atoms with Crippen LogP contribution in [0.4, 0.5) is 4.79 Å². The number of alkyl carbamates (subject to hydrolysis) is 1. The summed E-state index contributed by atoms with van der Waals surface area (Å²) >= 11 is 0. The monoisotopic (exact) mass is 375 g/mol. The summed E-state index contributed by atoms with van der Waals surface area (Å²) in [5.74, 6) is -1.000. The van der Waals surface area contributed by atoms with E-state index in [2.05, 4.69) is 5.32 Å². The van der Waals surface area contributed by atoms with Crippen LogP contribution < -0.4 is 5.32 Å². The zero-order chi connectivity index (χ0) is 19.8. The predicted octanol–water partition coefficient (Wildman–Crippen LogP) is 4.80. The van der Waals surface area contributed by atoms with Gasteiger partial charge in [0.1, 0.15) is 6.61 Å². The van der Waals surface area contributed by atoms with Crippen molar-refractivity contribution in [3.63, 3.8) is 0 Å². The average molecular weight is 375 g/mol. The van der Waals surface area contributed by atoms with Gasteiger partial charge >= 0.3 is 12.1 Å². The number of carbonyl (C=O) groups excluding carboxylic acids is 1. The maximum Gasteiger partial charge on any atom is 0.407 e. The largest absolute Gasteiger partial charge is 0.481 e. The molecule has 0 aromatic heterocycles. The highest BCUT2D eigenvalue weighted by atomic mass is 16.5. The summed E-state index contributed by atoms with van der Waals surface area (Å²) in [6.07, 6.45) is -0.882. The minimum Gasteiger partial charge on any atom is -0.481 e. The number of hydrogen-bond donors (Lipinski definition) is 2. The molecule has 3 aromatic carbocycles. The Morgan fingerprint density at radius 2 is 1.39 bits per heavy atom. The van der Waals surface area contributed by atoms with Crippen molar-refractivity contribution in [1.29, 1.82) is 0 Å². The molecule has 0 saturated heterocycles. The standard InChI is InChI=1S/C23H21NO4/c25-22(26)15-21(24-23(27)28-16-17-7-3-1-4-8-17)20-13-11-19(12-14-20)18-9-5-2-6-10-18/h1-14,21H,15-16H2,(H,24,27)(H,25,26). The van der Waals surface area contributed by atoms with E-state index < -0.39 is 18.1 Å². The Bertz CT molecular complexity index is 908. The topological polar surface area (TPSA) is 75.6 Å². The van der Waals surface area contributed by atoms with Crippen LogP contribution in [0.1, 0.15) is 23.6 Å². The summed E-state index contributed by atoms with van der Waals surface area (Å²) in [4.78, 5) is 23.4. The molecule has 0 heterocycles. The number of nitrogens with one attached hydrogen (secondary N) is 1. The number of rotatable bonds is 7. The zero-order valence-corrected chi connectivity index (χ0v) is 15.2. The second kappa shape index (κ2) is 9.37. The summed E-state index contributed by atoms with van der Waals surface area (Å²) in [5, 5.41) is 11.9. The molecular weight excluding hydrogens is 354 g/mol. The van der Waals surface area contributed by atoms with Gasteiger partial charge < -0.3 is 15.2 Å². The van der Waals surface area contributed by atoms with Crippen LogP contribution in [0.15, 0.2) is 84.9 Å². The van der Waals surface area contributed by atoms with Gasteiger partial charge in [0, 0.05) is 0 Å². The Labute approximate surface area is 163 Å². The lowest BCUT2D eigenvalue weighted by Gasteiger charge is -2.18. The van der Waals surface area contributed by atoms with Crippen LogP contribution >= 0.6 is 0 Å². The second-order valence-corrected chi connectivity index (χ2v) is 6.34. The molecule has 2 N–H and O–H groups in total. The minimum atomic E-state index is -1.000. The van der Waals surface area contributed by atoms with Gasteiger partial charge in [-0.05, 0) is 22.3 Å². The maximum absolute atomic E-state index is 12.1. The van der Waals surface area contributed by atoms with Crippen molar-refractivity contribution >= 4 is 12.1 Å². The van der Waals surface area contributed by atoms with Gasteiger partial charge in [-0.1, -0.05) is 84.9 Å². The average Bonchev–Trinajstić information content (AvgIpc) is 2.73. The molecule has 5 heteroatoms. The molecule has 28 heavy (non-hydrogen) atoms. The fraction of sp³-hybridized carbons (Fsp3) is 0.130. The van der Waals surface area contributed by atoms with Gasteiger partial charge in [-0.2, -0.15) is 0 Å². The summed E-state index contributed by atoms with van der Waals surface area (Å²) in [6, 6.07) is 26.0. The highest BCUT2D eigenvalue weighted by Crippen LogP contribution is 2.23. The molecule has 5 nitrogen and oxygen atoms in total. The second-order valence-electron chi connectivity index (χ2n) is 6.34. The van der Waals surface area contributed by atoms with Crippen molar-refractivity contribution < 1.29 is 19.4 Å². The van der Waals surface area contributed by atoms with Gasteiger partial charge in [-0.15, -0.1) is 0 Å². The molecule has 1 atom stereocenters. The van der Waals surface area contributed by atoms with Crippen molar-refractivity contribution in [1.82, 2.24) is 5.32 Å². The highest BCUT2D eigenvalue weighted by Gasteiger charge is 2.19. The third-order valence-electron chi connectivity index (χ3n) is 4.30. The molecule has 1 amide bonds. The normalized spacial score (nSPS) is 11.4. The molecule has 0 radical (unpaired) electrons. The molecule has 0 spiro atoms. The van der Waals surface area contributed by atoms with E-state index in [1.54, 1.807) is 0 Å². The van der Waals surface area contributed by atoms with Crippen LogP contribution in [0.5, 0.6) is 0 Å². The lowest BCUT2D eigenvalue weighted by Crippen LogP contribution is -2.30. The van der Waals surface area contributed by atoms with Gasteiger partial charge in [-0.25, -0.2) is 4.79 Å². The number of carbonyl (C=O) groups is 2. The third-order valence-corrected chi connectivity index (χ3v) is 4.30. The number of benzene rings is 3. The molecule has 142 valence electrons.